The highest BCUT2D eigenvalue weighted by Crippen LogP contribution is 2.33. The summed E-state index contributed by atoms with van der Waals surface area (Å²) in [4.78, 5) is 12.3. The minimum atomic E-state index is -0.649. The standard InChI is InChI=1S/C16H15FO4S/c1-20-11-7-10(15(13(18)8-11)16(19)21-2)9-22-14-6-4-3-5-12(14)17/h3-8,18H,9H2,1-2H3. The molecule has 0 amide bonds. The van der Waals surface area contributed by atoms with Crippen LogP contribution < -0.4 is 4.74 Å². The van der Waals surface area contributed by atoms with E-state index >= 15 is 0 Å². The summed E-state index contributed by atoms with van der Waals surface area (Å²) in [6, 6.07) is 9.32. The minimum Gasteiger partial charge on any atom is -0.507 e. The lowest BCUT2D eigenvalue weighted by Crippen LogP contribution is -2.06. The average molecular weight is 322 g/mol. The summed E-state index contributed by atoms with van der Waals surface area (Å²) < 4.78 is 23.4. The van der Waals surface area contributed by atoms with Gasteiger partial charge >= 0.3 is 5.97 Å². The normalized spacial score (nSPS) is 10.3. The molecule has 116 valence electrons. The largest absolute Gasteiger partial charge is 0.507 e. The van der Waals surface area contributed by atoms with Crippen molar-refractivity contribution in [3.63, 3.8) is 0 Å². The number of rotatable bonds is 5. The zero-order valence-corrected chi connectivity index (χ0v) is 12.9. The lowest BCUT2D eigenvalue weighted by molar-refractivity contribution is 0.0596. The van der Waals surface area contributed by atoms with Crippen LogP contribution in [0.1, 0.15) is 15.9 Å². The molecule has 0 heterocycles. The summed E-state index contributed by atoms with van der Waals surface area (Å²) in [5.74, 6) is -0.510. The molecule has 2 rings (SSSR count). The van der Waals surface area contributed by atoms with Gasteiger partial charge in [-0.05, 0) is 23.8 Å². The van der Waals surface area contributed by atoms with E-state index in [1.165, 1.54) is 38.1 Å². The highest BCUT2D eigenvalue weighted by atomic mass is 32.2. The van der Waals surface area contributed by atoms with Gasteiger partial charge in [-0.25, -0.2) is 9.18 Å². The van der Waals surface area contributed by atoms with Gasteiger partial charge in [-0.2, -0.15) is 0 Å². The molecule has 0 unspecified atom stereocenters. The second-order valence-corrected chi connectivity index (χ2v) is 5.41. The van der Waals surface area contributed by atoms with Crippen molar-refractivity contribution < 1.29 is 23.8 Å². The second-order valence-electron chi connectivity index (χ2n) is 4.39. The maximum atomic E-state index is 13.7. The van der Waals surface area contributed by atoms with Crippen LogP contribution in [0.5, 0.6) is 11.5 Å². The molecule has 0 saturated heterocycles. The van der Waals surface area contributed by atoms with Gasteiger partial charge in [-0.3, -0.25) is 0 Å². The van der Waals surface area contributed by atoms with Crippen LogP contribution in [-0.2, 0) is 10.5 Å². The molecular formula is C16H15FO4S. The predicted molar refractivity (Wildman–Crippen MR) is 82.0 cm³/mol. The summed E-state index contributed by atoms with van der Waals surface area (Å²) in [5, 5.41) is 9.99. The Bertz CT molecular complexity index is 688. The first kappa shape index (κ1) is 16.2. The first-order chi connectivity index (χ1) is 10.6. The summed E-state index contributed by atoms with van der Waals surface area (Å²) in [6.07, 6.45) is 0. The molecule has 22 heavy (non-hydrogen) atoms. The SMILES string of the molecule is COC(=O)c1c(O)cc(OC)cc1CSc1ccccc1F. The van der Waals surface area contributed by atoms with Gasteiger partial charge in [0.05, 0.1) is 14.2 Å². The van der Waals surface area contributed by atoms with Crippen molar-refractivity contribution in [2.75, 3.05) is 14.2 Å². The molecular weight excluding hydrogens is 307 g/mol. The van der Waals surface area contributed by atoms with Crippen molar-refractivity contribution in [2.45, 2.75) is 10.6 Å². The van der Waals surface area contributed by atoms with Gasteiger partial charge in [0.25, 0.3) is 0 Å². The van der Waals surface area contributed by atoms with Gasteiger partial charge in [0, 0.05) is 16.7 Å². The number of methoxy groups -OCH3 is 2. The third-order valence-electron chi connectivity index (χ3n) is 3.02. The predicted octanol–water partition coefficient (Wildman–Crippen LogP) is 3.62. The Labute approximate surface area is 131 Å². The van der Waals surface area contributed by atoms with Crippen molar-refractivity contribution >= 4 is 17.7 Å². The molecule has 1 N–H and O–H groups in total. The number of benzene rings is 2. The maximum Gasteiger partial charge on any atom is 0.341 e. The van der Waals surface area contributed by atoms with Crippen LogP contribution in [0.25, 0.3) is 0 Å². The number of aromatic hydroxyl groups is 1. The number of esters is 1. The molecule has 0 aliphatic carbocycles. The van der Waals surface area contributed by atoms with Crippen LogP contribution in [0, 0.1) is 5.82 Å². The summed E-state index contributed by atoms with van der Waals surface area (Å²) in [7, 11) is 2.69. The number of phenols is 1. The van der Waals surface area contributed by atoms with Crippen LogP contribution in [0.4, 0.5) is 4.39 Å². The third-order valence-corrected chi connectivity index (χ3v) is 4.12. The van der Waals surface area contributed by atoms with Gasteiger partial charge in [-0.1, -0.05) is 12.1 Å². The molecule has 0 saturated carbocycles. The number of hydrogen-bond acceptors (Lipinski definition) is 5. The Morgan fingerprint density at radius 3 is 2.64 bits per heavy atom. The molecule has 6 heteroatoms. The maximum absolute atomic E-state index is 13.7. The van der Waals surface area contributed by atoms with Gasteiger partial charge < -0.3 is 14.6 Å². The fraction of sp³-hybridized carbons (Fsp3) is 0.188. The van der Waals surface area contributed by atoms with Gasteiger partial charge in [0.1, 0.15) is 22.9 Å². The molecule has 2 aromatic rings. The van der Waals surface area contributed by atoms with Crippen LogP contribution in [0.3, 0.4) is 0 Å². The van der Waals surface area contributed by atoms with Crippen LogP contribution in [-0.4, -0.2) is 25.3 Å². The van der Waals surface area contributed by atoms with Gasteiger partial charge in [0.15, 0.2) is 0 Å². The summed E-state index contributed by atoms with van der Waals surface area (Å²) >= 11 is 1.22. The van der Waals surface area contributed by atoms with Crippen molar-refractivity contribution in [1.82, 2.24) is 0 Å². The van der Waals surface area contributed by atoms with E-state index < -0.39 is 5.97 Å². The Balaban J connectivity index is 2.34. The number of carbonyl (C=O) groups excluding carboxylic acids is 1. The fourth-order valence-corrected chi connectivity index (χ4v) is 2.86. The van der Waals surface area contributed by atoms with E-state index in [4.69, 9.17) is 4.74 Å². The Morgan fingerprint density at radius 2 is 2.00 bits per heavy atom. The van der Waals surface area contributed by atoms with Crippen molar-refractivity contribution in [2.24, 2.45) is 0 Å². The molecule has 0 atom stereocenters. The highest BCUT2D eigenvalue weighted by molar-refractivity contribution is 7.98. The molecule has 2 aromatic carbocycles. The van der Waals surface area contributed by atoms with E-state index in [2.05, 4.69) is 4.74 Å². The smallest absolute Gasteiger partial charge is 0.341 e. The molecule has 0 aromatic heterocycles. The average Bonchev–Trinajstić information content (AvgIpc) is 2.52. The van der Waals surface area contributed by atoms with Gasteiger partial charge in [-0.15, -0.1) is 11.8 Å². The van der Waals surface area contributed by atoms with Crippen molar-refractivity contribution in [3.8, 4) is 11.5 Å². The second kappa shape index (κ2) is 7.17. The van der Waals surface area contributed by atoms with Crippen LogP contribution in [0.15, 0.2) is 41.3 Å². The highest BCUT2D eigenvalue weighted by Gasteiger charge is 2.19. The summed E-state index contributed by atoms with van der Waals surface area (Å²) in [6.45, 7) is 0. The zero-order chi connectivity index (χ0) is 16.1. The molecule has 0 radical (unpaired) electrons. The first-order valence-electron chi connectivity index (χ1n) is 6.42. The fourth-order valence-electron chi connectivity index (χ4n) is 1.94. The van der Waals surface area contributed by atoms with Gasteiger partial charge in [0.2, 0.25) is 0 Å². The Hall–Kier alpha value is -2.21. The van der Waals surface area contributed by atoms with Crippen molar-refractivity contribution in [1.29, 1.82) is 0 Å². The van der Waals surface area contributed by atoms with Crippen LogP contribution in [0.2, 0.25) is 0 Å². The summed E-state index contributed by atoms with van der Waals surface area (Å²) in [5.41, 5.74) is 0.573. The number of carbonyl (C=O) groups is 1. The Kier molecular flexibility index (Phi) is 5.27. The first-order valence-corrected chi connectivity index (χ1v) is 7.41. The van der Waals surface area contributed by atoms with Crippen LogP contribution >= 0.6 is 11.8 Å². The zero-order valence-electron chi connectivity index (χ0n) is 12.1. The molecule has 0 bridgehead atoms. The quantitative estimate of drug-likeness (QED) is 0.673. The number of phenolic OH excluding ortho intramolecular Hbond substituents is 1. The lowest BCUT2D eigenvalue weighted by Gasteiger charge is -2.12. The number of hydrogen-bond donors (Lipinski definition) is 1. The monoisotopic (exact) mass is 322 g/mol. The molecule has 0 spiro atoms. The Morgan fingerprint density at radius 1 is 1.27 bits per heavy atom. The topological polar surface area (TPSA) is 55.8 Å². The van der Waals surface area contributed by atoms with E-state index in [1.54, 1.807) is 24.3 Å². The lowest BCUT2D eigenvalue weighted by atomic mass is 10.1. The van der Waals surface area contributed by atoms with E-state index in [0.29, 0.717) is 16.2 Å². The third kappa shape index (κ3) is 3.51. The van der Waals surface area contributed by atoms with E-state index in [0.717, 1.165) is 0 Å². The number of thioether (sulfide) groups is 1. The van der Waals surface area contributed by atoms with E-state index in [-0.39, 0.29) is 22.9 Å². The number of halogens is 1. The molecule has 4 nitrogen and oxygen atoms in total. The molecule has 0 fully saturated rings. The number of ether oxygens (including phenoxy) is 2. The molecule has 0 aliphatic rings. The van der Waals surface area contributed by atoms with E-state index in [1.807, 2.05) is 0 Å². The minimum absolute atomic E-state index is 0.0622. The van der Waals surface area contributed by atoms with Crippen molar-refractivity contribution in [3.05, 3.63) is 53.3 Å². The molecule has 0 aliphatic heterocycles. The van der Waals surface area contributed by atoms with E-state index in [9.17, 15) is 14.3 Å².